The molecule has 1 saturated heterocycles. The highest BCUT2D eigenvalue weighted by atomic mass is 19.1. The van der Waals surface area contributed by atoms with Gasteiger partial charge in [-0.15, -0.1) is 0 Å². The van der Waals surface area contributed by atoms with Crippen LogP contribution < -0.4 is 10.1 Å². The van der Waals surface area contributed by atoms with E-state index >= 15 is 0 Å². The molecule has 0 saturated carbocycles. The number of benzene rings is 2. The summed E-state index contributed by atoms with van der Waals surface area (Å²) in [6.07, 6.45) is 0.764. The van der Waals surface area contributed by atoms with Crippen molar-refractivity contribution in [2.24, 2.45) is 5.92 Å². The third kappa shape index (κ3) is 3.83. The van der Waals surface area contributed by atoms with Crippen LogP contribution in [0.2, 0.25) is 0 Å². The Morgan fingerprint density at radius 2 is 2.08 bits per heavy atom. The Morgan fingerprint density at radius 3 is 2.79 bits per heavy atom. The van der Waals surface area contributed by atoms with E-state index in [1.807, 2.05) is 18.2 Å². The smallest absolute Gasteiger partial charge is 0.321 e. The van der Waals surface area contributed by atoms with Gasteiger partial charge in [-0.2, -0.15) is 0 Å². The number of carbonyl (C=O) groups excluding carboxylic acids is 1. The molecular formula is C18H19FN2O3. The Morgan fingerprint density at radius 1 is 1.29 bits per heavy atom. The molecule has 3 rings (SSSR count). The summed E-state index contributed by atoms with van der Waals surface area (Å²) >= 11 is 0. The summed E-state index contributed by atoms with van der Waals surface area (Å²) in [5, 5.41) is 11.9. The van der Waals surface area contributed by atoms with Gasteiger partial charge in [0.05, 0.1) is 5.69 Å². The van der Waals surface area contributed by atoms with Crippen molar-refractivity contribution in [1.82, 2.24) is 4.90 Å². The summed E-state index contributed by atoms with van der Waals surface area (Å²) in [7, 11) is 0. The zero-order chi connectivity index (χ0) is 16.9. The normalized spacial score (nSPS) is 16.9. The minimum Gasteiger partial charge on any atom is -0.455 e. The van der Waals surface area contributed by atoms with Gasteiger partial charge in [0.15, 0.2) is 5.75 Å². The highest BCUT2D eigenvalue weighted by Crippen LogP contribution is 2.30. The number of carbonyl (C=O) groups is 1. The molecule has 2 N–H and O–H groups in total. The van der Waals surface area contributed by atoms with Gasteiger partial charge in [-0.05, 0) is 30.7 Å². The molecule has 2 amide bonds. The van der Waals surface area contributed by atoms with Crippen LogP contribution in [0.25, 0.3) is 0 Å². The number of hydrogen-bond donors (Lipinski definition) is 2. The van der Waals surface area contributed by atoms with Crippen LogP contribution in [-0.2, 0) is 0 Å². The lowest BCUT2D eigenvalue weighted by atomic mass is 10.1. The molecule has 1 aliphatic rings. The van der Waals surface area contributed by atoms with Crippen molar-refractivity contribution in [3.63, 3.8) is 0 Å². The molecule has 1 atom stereocenters. The van der Waals surface area contributed by atoms with Crippen molar-refractivity contribution in [3.8, 4) is 11.5 Å². The van der Waals surface area contributed by atoms with E-state index in [1.165, 1.54) is 18.2 Å². The number of anilines is 1. The predicted octanol–water partition coefficient (Wildman–Crippen LogP) is 3.46. The molecular weight excluding hydrogens is 311 g/mol. The molecule has 1 heterocycles. The lowest BCUT2D eigenvalue weighted by Crippen LogP contribution is -2.33. The molecule has 0 aromatic heterocycles. The van der Waals surface area contributed by atoms with E-state index in [9.17, 15) is 14.3 Å². The van der Waals surface area contributed by atoms with Crippen LogP contribution in [0.4, 0.5) is 14.9 Å². The van der Waals surface area contributed by atoms with E-state index in [2.05, 4.69) is 5.32 Å². The van der Waals surface area contributed by atoms with Gasteiger partial charge in [0.1, 0.15) is 11.6 Å². The average molecular weight is 330 g/mol. The monoisotopic (exact) mass is 330 g/mol. The third-order valence-corrected chi connectivity index (χ3v) is 3.99. The van der Waals surface area contributed by atoms with Gasteiger partial charge < -0.3 is 20.1 Å². The van der Waals surface area contributed by atoms with Crippen LogP contribution in [0.15, 0.2) is 48.5 Å². The van der Waals surface area contributed by atoms with Crippen molar-refractivity contribution < 1.29 is 19.0 Å². The van der Waals surface area contributed by atoms with Crippen molar-refractivity contribution >= 4 is 11.7 Å². The average Bonchev–Trinajstić information content (AvgIpc) is 3.07. The van der Waals surface area contributed by atoms with Gasteiger partial charge in [-0.25, -0.2) is 9.18 Å². The number of ether oxygens (including phenoxy) is 1. The molecule has 1 fully saturated rings. The van der Waals surface area contributed by atoms with E-state index in [1.54, 1.807) is 17.0 Å². The summed E-state index contributed by atoms with van der Waals surface area (Å²) in [5.41, 5.74) is 0.274. The predicted molar refractivity (Wildman–Crippen MR) is 88.7 cm³/mol. The second-order valence-electron chi connectivity index (χ2n) is 5.77. The van der Waals surface area contributed by atoms with E-state index in [4.69, 9.17) is 4.74 Å². The number of para-hydroxylation sites is 1. The van der Waals surface area contributed by atoms with Gasteiger partial charge >= 0.3 is 6.03 Å². The first-order chi connectivity index (χ1) is 11.7. The van der Waals surface area contributed by atoms with E-state index < -0.39 is 5.82 Å². The van der Waals surface area contributed by atoms with E-state index in [-0.39, 0.29) is 24.2 Å². The first-order valence-electron chi connectivity index (χ1n) is 7.85. The van der Waals surface area contributed by atoms with Gasteiger partial charge in [0.25, 0.3) is 0 Å². The molecule has 5 nitrogen and oxygen atoms in total. The summed E-state index contributed by atoms with van der Waals surface area (Å²) < 4.78 is 19.3. The first kappa shape index (κ1) is 16.3. The number of halogens is 1. The van der Waals surface area contributed by atoms with Crippen molar-refractivity contribution in [2.75, 3.05) is 25.0 Å². The van der Waals surface area contributed by atoms with Crippen molar-refractivity contribution in [2.45, 2.75) is 6.42 Å². The van der Waals surface area contributed by atoms with Crippen molar-refractivity contribution in [3.05, 3.63) is 54.3 Å². The van der Waals surface area contributed by atoms with Crippen LogP contribution >= 0.6 is 0 Å². The summed E-state index contributed by atoms with van der Waals surface area (Å²) in [4.78, 5) is 14.0. The fraction of sp³-hybridized carbons (Fsp3) is 0.278. The maximum atomic E-state index is 13.6. The number of aliphatic hydroxyl groups is 1. The zero-order valence-corrected chi connectivity index (χ0v) is 13.1. The van der Waals surface area contributed by atoms with Gasteiger partial charge in [0, 0.05) is 31.7 Å². The number of urea groups is 1. The van der Waals surface area contributed by atoms with Crippen LogP contribution in [0.1, 0.15) is 6.42 Å². The number of nitrogens with zero attached hydrogens (tertiary/aromatic N) is 1. The minimum atomic E-state index is -0.458. The second kappa shape index (κ2) is 7.31. The first-order valence-corrected chi connectivity index (χ1v) is 7.85. The number of nitrogens with one attached hydrogen (secondary N) is 1. The molecule has 1 unspecified atom stereocenters. The molecule has 126 valence electrons. The number of amides is 2. The standard InChI is InChI=1S/C18H19FN2O3/c19-14-6-7-17(24-15-4-2-1-3-5-15)16(10-14)20-18(23)21-9-8-13(11-21)12-22/h1-7,10,13,22H,8-9,11-12H2,(H,20,23). The second-order valence-corrected chi connectivity index (χ2v) is 5.77. The van der Waals surface area contributed by atoms with Crippen LogP contribution in [0.3, 0.4) is 0 Å². The molecule has 2 aromatic rings. The molecule has 1 aliphatic heterocycles. The maximum absolute atomic E-state index is 13.6. The van der Waals surface area contributed by atoms with Gasteiger partial charge in [-0.3, -0.25) is 0 Å². The highest BCUT2D eigenvalue weighted by Gasteiger charge is 2.26. The number of likely N-dealkylation sites (tertiary alicyclic amines) is 1. The van der Waals surface area contributed by atoms with Gasteiger partial charge in [0.2, 0.25) is 0 Å². The molecule has 0 spiro atoms. The maximum Gasteiger partial charge on any atom is 0.321 e. The van der Waals surface area contributed by atoms with E-state index in [0.717, 1.165) is 6.42 Å². The summed E-state index contributed by atoms with van der Waals surface area (Å²) in [5.74, 6) is 0.610. The van der Waals surface area contributed by atoms with Crippen LogP contribution in [0.5, 0.6) is 11.5 Å². The number of rotatable bonds is 4. The Labute approximate surface area is 139 Å². The highest BCUT2D eigenvalue weighted by molar-refractivity contribution is 5.91. The zero-order valence-electron chi connectivity index (χ0n) is 13.1. The van der Waals surface area contributed by atoms with Crippen LogP contribution in [-0.4, -0.2) is 35.7 Å². The molecule has 0 bridgehead atoms. The molecule has 24 heavy (non-hydrogen) atoms. The Kier molecular flexibility index (Phi) is 4.96. The quantitative estimate of drug-likeness (QED) is 0.902. The number of aliphatic hydroxyl groups excluding tert-OH is 1. The number of hydrogen-bond acceptors (Lipinski definition) is 3. The SMILES string of the molecule is O=C(Nc1cc(F)ccc1Oc1ccccc1)N1CCC(CO)C1. The molecule has 0 radical (unpaired) electrons. The molecule has 0 aliphatic carbocycles. The van der Waals surface area contributed by atoms with E-state index in [0.29, 0.717) is 24.6 Å². The summed E-state index contributed by atoms with van der Waals surface area (Å²) in [6.45, 7) is 1.12. The van der Waals surface area contributed by atoms with Crippen molar-refractivity contribution in [1.29, 1.82) is 0 Å². The lowest BCUT2D eigenvalue weighted by Gasteiger charge is -2.19. The minimum absolute atomic E-state index is 0.0616. The van der Waals surface area contributed by atoms with Gasteiger partial charge in [-0.1, -0.05) is 18.2 Å². The topological polar surface area (TPSA) is 61.8 Å². The Hall–Kier alpha value is -2.60. The Balaban J connectivity index is 1.75. The fourth-order valence-corrected chi connectivity index (χ4v) is 2.66. The lowest BCUT2D eigenvalue weighted by molar-refractivity contribution is 0.208. The largest absolute Gasteiger partial charge is 0.455 e. The fourth-order valence-electron chi connectivity index (χ4n) is 2.66. The summed E-state index contributed by atoms with van der Waals surface area (Å²) in [6, 6.07) is 12.8. The third-order valence-electron chi connectivity index (χ3n) is 3.99. The molecule has 6 heteroatoms. The Bertz CT molecular complexity index is 709. The molecule has 2 aromatic carbocycles. The van der Waals surface area contributed by atoms with Crippen LogP contribution in [0, 0.1) is 11.7 Å².